The van der Waals surface area contributed by atoms with Crippen molar-refractivity contribution in [3.05, 3.63) is 28.6 Å². The molecule has 2 N–H and O–H groups in total. The van der Waals surface area contributed by atoms with Gasteiger partial charge in [-0.15, -0.1) is 0 Å². The molecule has 0 amide bonds. The van der Waals surface area contributed by atoms with Gasteiger partial charge in [-0.25, -0.2) is 0 Å². The minimum absolute atomic E-state index is 0.00106. The number of aliphatic hydroxyl groups excluding tert-OH is 1. The Kier molecular flexibility index (Phi) is 4.68. The molecule has 6 nitrogen and oxygen atoms in total. The maximum atomic E-state index is 10.9. The van der Waals surface area contributed by atoms with Crippen LogP contribution in [0.4, 0.5) is 11.4 Å². The van der Waals surface area contributed by atoms with Gasteiger partial charge >= 0.3 is 5.69 Å². The first-order valence-corrected chi connectivity index (χ1v) is 6.65. The molecule has 1 aromatic rings. The summed E-state index contributed by atoms with van der Waals surface area (Å²) in [4.78, 5) is 14.2. The molecule has 0 radical (unpaired) electrons. The summed E-state index contributed by atoms with van der Waals surface area (Å²) in [7, 11) is 0. The van der Waals surface area contributed by atoms with Gasteiger partial charge in [-0.05, 0) is 30.7 Å². The predicted molar refractivity (Wildman–Crippen MR) is 71.9 cm³/mol. The third kappa shape index (κ3) is 3.41. The Morgan fingerprint density at radius 1 is 1.42 bits per heavy atom. The number of aromatic nitrogens is 1. The Balaban J connectivity index is 2.00. The second-order valence-electron chi connectivity index (χ2n) is 5.02. The van der Waals surface area contributed by atoms with E-state index in [1.165, 1.54) is 12.6 Å². The number of pyridine rings is 1. The van der Waals surface area contributed by atoms with Crippen LogP contribution in [0.1, 0.15) is 25.7 Å². The van der Waals surface area contributed by atoms with Crippen molar-refractivity contribution in [2.45, 2.75) is 25.7 Å². The molecular weight excluding hydrogens is 246 g/mol. The SMILES string of the molecule is O=[N+]([O-])c1cnccc1NCC1CCCCC1CO. The topological polar surface area (TPSA) is 88.3 Å². The van der Waals surface area contributed by atoms with Crippen molar-refractivity contribution in [2.24, 2.45) is 11.8 Å². The lowest BCUT2D eigenvalue weighted by Gasteiger charge is -2.30. The third-order valence-electron chi connectivity index (χ3n) is 3.85. The first-order valence-electron chi connectivity index (χ1n) is 6.65. The van der Waals surface area contributed by atoms with Crippen molar-refractivity contribution in [1.82, 2.24) is 4.98 Å². The van der Waals surface area contributed by atoms with Crippen LogP contribution in [0.3, 0.4) is 0 Å². The van der Waals surface area contributed by atoms with Crippen LogP contribution in [-0.4, -0.2) is 28.2 Å². The van der Waals surface area contributed by atoms with Crippen LogP contribution in [0.15, 0.2) is 18.5 Å². The van der Waals surface area contributed by atoms with Gasteiger partial charge in [0.15, 0.2) is 0 Å². The highest BCUT2D eigenvalue weighted by Crippen LogP contribution is 2.31. The van der Waals surface area contributed by atoms with Crippen molar-refractivity contribution in [1.29, 1.82) is 0 Å². The van der Waals surface area contributed by atoms with Gasteiger partial charge in [0.05, 0.1) is 4.92 Å². The largest absolute Gasteiger partial charge is 0.396 e. The number of hydrogen-bond donors (Lipinski definition) is 2. The number of nitrogens with one attached hydrogen (secondary N) is 1. The van der Waals surface area contributed by atoms with Crippen LogP contribution in [0.2, 0.25) is 0 Å². The van der Waals surface area contributed by atoms with Crippen molar-refractivity contribution >= 4 is 11.4 Å². The average molecular weight is 265 g/mol. The molecule has 0 bridgehead atoms. The van der Waals surface area contributed by atoms with E-state index in [1.54, 1.807) is 12.3 Å². The summed E-state index contributed by atoms with van der Waals surface area (Å²) < 4.78 is 0. The summed E-state index contributed by atoms with van der Waals surface area (Å²) in [5, 5.41) is 23.4. The fourth-order valence-electron chi connectivity index (χ4n) is 2.72. The van der Waals surface area contributed by atoms with E-state index in [-0.39, 0.29) is 12.3 Å². The molecule has 1 saturated carbocycles. The van der Waals surface area contributed by atoms with E-state index >= 15 is 0 Å². The van der Waals surface area contributed by atoms with Gasteiger partial charge < -0.3 is 10.4 Å². The molecule has 0 saturated heterocycles. The molecule has 1 aliphatic rings. The first-order chi connectivity index (χ1) is 9.22. The van der Waals surface area contributed by atoms with E-state index in [2.05, 4.69) is 10.3 Å². The molecule has 0 aliphatic heterocycles. The number of hydrogen-bond acceptors (Lipinski definition) is 5. The van der Waals surface area contributed by atoms with Gasteiger partial charge in [0.1, 0.15) is 11.9 Å². The first kappa shape index (κ1) is 13.7. The molecule has 0 aromatic carbocycles. The van der Waals surface area contributed by atoms with Crippen LogP contribution in [0, 0.1) is 22.0 Å². The van der Waals surface area contributed by atoms with Crippen molar-refractivity contribution in [3.8, 4) is 0 Å². The summed E-state index contributed by atoms with van der Waals surface area (Å²) in [6, 6.07) is 1.62. The quantitative estimate of drug-likeness (QED) is 0.629. The highest BCUT2D eigenvalue weighted by Gasteiger charge is 2.25. The number of rotatable bonds is 5. The number of nitro groups is 1. The summed E-state index contributed by atoms with van der Waals surface area (Å²) in [6.45, 7) is 0.862. The Hall–Kier alpha value is -1.69. The van der Waals surface area contributed by atoms with Gasteiger partial charge in [-0.3, -0.25) is 15.1 Å². The predicted octanol–water partition coefficient (Wildman–Crippen LogP) is 2.20. The molecule has 19 heavy (non-hydrogen) atoms. The summed E-state index contributed by atoms with van der Waals surface area (Å²) in [5.41, 5.74) is 0.501. The lowest BCUT2D eigenvalue weighted by molar-refractivity contribution is -0.384. The lowest BCUT2D eigenvalue weighted by Crippen LogP contribution is -2.28. The lowest BCUT2D eigenvalue weighted by atomic mass is 9.79. The normalized spacial score (nSPS) is 23.0. The Morgan fingerprint density at radius 3 is 2.84 bits per heavy atom. The molecule has 1 fully saturated rings. The van der Waals surface area contributed by atoms with E-state index in [4.69, 9.17) is 0 Å². The highest BCUT2D eigenvalue weighted by molar-refractivity contribution is 5.59. The zero-order valence-corrected chi connectivity index (χ0v) is 10.8. The Morgan fingerprint density at radius 2 is 2.16 bits per heavy atom. The Bertz CT molecular complexity index is 439. The minimum Gasteiger partial charge on any atom is -0.396 e. The van der Waals surface area contributed by atoms with Gasteiger partial charge in [0.25, 0.3) is 0 Å². The van der Waals surface area contributed by atoms with Crippen LogP contribution in [0.5, 0.6) is 0 Å². The number of nitrogens with zero attached hydrogens (tertiary/aromatic N) is 2. The van der Waals surface area contributed by atoms with Gasteiger partial charge in [-0.2, -0.15) is 0 Å². The molecule has 2 rings (SSSR count). The Labute approximate surface area is 112 Å². The van der Waals surface area contributed by atoms with Crippen LogP contribution in [0.25, 0.3) is 0 Å². The number of anilines is 1. The molecule has 2 atom stereocenters. The zero-order chi connectivity index (χ0) is 13.7. The maximum absolute atomic E-state index is 10.9. The smallest absolute Gasteiger partial charge is 0.310 e. The van der Waals surface area contributed by atoms with Crippen LogP contribution in [-0.2, 0) is 0 Å². The van der Waals surface area contributed by atoms with Crippen molar-refractivity contribution in [2.75, 3.05) is 18.5 Å². The van der Waals surface area contributed by atoms with E-state index < -0.39 is 4.92 Å². The molecular formula is C13H19N3O3. The third-order valence-corrected chi connectivity index (χ3v) is 3.85. The fourth-order valence-corrected chi connectivity index (χ4v) is 2.72. The van der Waals surface area contributed by atoms with Crippen molar-refractivity contribution < 1.29 is 10.0 Å². The summed E-state index contributed by atoms with van der Waals surface area (Å²) >= 11 is 0. The zero-order valence-electron chi connectivity index (χ0n) is 10.8. The van der Waals surface area contributed by atoms with E-state index in [9.17, 15) is 15.2 Å². The highest BCUT2D eigenvalue weighted by atomic mass is 16.6. The van der Waals surface area contributed by atoms with E-state index in [0.717, 1.165) is 19.3 Å². The molecule has 0 spiro atoms. The fraction of sp³-hybridized carbons (Fsp3) is 0.615. The second-order valence-corrected chi connectivity index (χ2v) is 5.02. The summed E-state index contributed by atoms with van der Waals surface area (Å²) in [5.74, 6) is 0.689. The molecule has 1 heterocycles. The molecule has 104 valence electrons. The monoisotopic (exact) mass is 265 g/mol. The van der Waals surface area contributed by atoms with Crippen LogP contribution < -0.4 is 5.32 Å². The summed E-state index contributed by atoms with van der Waals surface area (Å²) in [6.07, 6.45) is 7.24. The molecule has 2 unspecified atom stereocenters. The van der Waals surface area contributed by atoms with Crippen molar-refractivity contribution in [3.63, 3.8) is 0 Å². The van der Waals surface area contributed by atoms with Gasteiger partial charge in [-0.1, -0.05) is 12.8 Å². The average Bonchev–Trinajstić information content (AvgIpc) is 2.45. The van der Waals surface area contributed by atoms with Crippen LogP contribution >= 0.6 is 0 Å². The number of aliphatic hydroxyl groups is 1. The maximum Gasteiger partial charge on any atom is 0.310 e. The van der Waals surface area contributed by atoms with E-state index in [0.29, 0.717) is 24.1 Å². The molecule has 1 aromatic heterocycles. The van der Waals surface area contributed by atoms with Gasteiger partial charge in [0.2, 0.25) is 0 Å². The second kappa shape index (κ2) is 6.47. The molecule has 1 aliphatic carbocycles. The standard InChI is InChI=1S/C13H19N3O3/c17-9-11-4-2-1-3-10(11)7-15-12-5-6-14-8-13(12)16(18)19/h5-6,8,10-11,17H,1-4,7,9H2,(H,14,15). The van der Waals surface area contributed by atoms with Gasteiger partial charge in [0, 0.05) is 19.3 Å². The minimum atomic E-state index is -0.431. The molecule has 6 heteroatoms. The van der Waals surface area contributed by atoms with E-state index in [1.807, 2.05) is 0 Å².